The van der Waals surface area contributed by atoms with E-state index in [0.29, 0.717) is 49.1 Å². The first-order chi connectivity index (χ1) is 15.0. The highest BCUT2D eigenvalue weighted by molar-refractivity contribution is 5.95. The Balaban J connectivity index is 1.77. The van der Waals surface area contributed by atoms with Gasteiger partial charge in [0, 0.05) is 25.4 Å². The molecule has 0 aliphatic carbocycles. The molecule has 8 heteroatoms. The van der Waals surface area contributed by atoms with Gasteiger partial charge in [0.25, 0.3) is 5.91 Å². The second-order valence-corrected chi connectivity index (χ2v) is 7.00. The molecule has 0 bridgehead atoms. The summed E-state index contributed by atoms with van der Waals surface area (Å²) in [7, 11) is 3.15. The van der Waals surface area contributed by atoms with Crippen molar-refractivity contribution in [2.45, 2.75) is 27.0 Å². The number of carbonyl (C=O) groups is 1. The molecule has 1 amide bonds. The summed E-state index contributed by atoms with van der Waals surface area (Å²) in [6, 6.07) is 10.8. The van der Waals surface area contributed by atoms with Gasteiger partial charge in [-0.2, -0.15) is 0 Å². The van der Waals surface area contributed by atoms with E-state index < -0.39 is 0 Å². The van der Waals surface area contributed by atoms with Gasteiger partial charge in [0.2, 0.25) is 0 Å². The fourth-order valence-electron chi connectivity index (χ4n) is 3.10. The zero-order valence-corrected chi connectivity index (χ0v) is 18.3. The van der Waals surface area contributed by atoms with Gasteiger partial charge in [0.15, 0.2) is 11.5 Å². The number of aromatic nitrogens is 2. The first-order valence-corrected chi connectivity index (χ1v) is 9.94. The van der Waals surface area contributed by atoms with Crippen LogP contribution >= 0.6 is 0 Å². The third-order valence-electron chi connectivity index (χ3n) is 4.90. The number of ether oxygens (including phenoxy) is 3. The van der Waals surface area contributed by atoms with Crippen LogP contribution in [0.15, 0.2) is 47.1 Å². The highest BCUT2D eigenvalue weighted by atomic mass is 16.5. The maximum atomic E-state index is 13.2. The summed E-state index contributed by atoms with van der Waals surface area (Å²) in [5, 5.41) is 3.93. The van der Waals surface area contributed by atoms with Crippen molar-refractivity contribution in [3.05, 3.63) is 70.9 Å². The summed E-state index contributed by atoms with van der Waals surface area (Å²) >= 11 is 0. The van der Waals surface area contributed by atoms with Crippen molar-refractivity contribution in [1.29, 1.82) is 0 Å². The number of rotatable bonds is 10. The van der Waals surface area contributed by atoms with Crippen LogP contribution in [0.5, 0.6) is 11.5 Å². The lowest BCUT2D eigenvalue weighted by Gasteiger charge is -2.22. The number of methoxy groups -OCH3 is 2. The summed E-state index contributed by atoms with van der Waals surface area (Å²) in [4.78, 5) is 19.2. The van der Waals surface area contributed by atoms with Crippen molar-refractivity contribution < 1.29 is 23.5 Å². The largest absolute Gasteiger partial charge is 0.493 e. The number of pyridine rings is 1. The van der Waals surface area contributed by atoms with Crippen LogP contribution in [0.2, 0.25) is 0 Å². The average molecular weight is 425 g/mol. The number of carbonyl (C=O) groups excluding carboxylic acids is 1. The van der Waals surface area contributed by atoms with Crippen LogP contribution in [0.3, 0.4) is 0 Å². The first kappa shape index (κ1) is 22.3. The Morgan fingerprint density at radius 1 is 1.13 bits per heavy atom. The van der Waals surface area contributed by atoms with E-state index in [1.807, 2.05) is 32.0 Å². The lowest BCUT2D eigenvalue weighted by Crippen LogP contribution is -2.33. The molecule has 3 rings (SSSR count). The topological polar surface area (TPSA) is 86.9 Å². The molecule has 0 spiro atoms. The first-order valence-electron chi connectivity index (χ1n) is 9.94. The molecule has 0 saturated carbocycles. The summed E-state index contributed by atoms with van der Waals surface area (Å²) in [6.45, 7) is 5.26. The molecule has 0 fully saturated rings. The minimum atomic E-state index is -0.140. The van der Waals surface area contributed by atoms with Gasteiger partial charge in [-0.3, -0.25) is 9.78 Å². The monoisotopic (exact) mass is 425 g/mol. The van der Waals surface area contributed by atoms with Gasteiger partial charge < -0.3 is 23.6 Å². The van der Waals surface area contributed by atoms with E-state index in [4.69, 9.17) is 18.7 Å². The molecule has 8 nitrogen and oxygen atoms in total. The van der Waals surface area contributed by atoms with Gasteiger partial charge in [-0.1, -0.05) is 11.2 Å². The lowest BCUT2D eigenvalue weighted by atomic mass is 10.1. The predicted molar refractivity (Wildman–Crippen MR) is 114 cm³/mol. The van der Waals surface area contributed by atoms with Crippen molar-refractivity contribution >= 4 is 5.91 Å². The Kier molecular flexibility index (Phi) is 7.61. The van der Waals surface area contributed by atoms with Crippen molar-refractivity contribution in [2.24, 2.45) is 0 Å². The SMILES string of the molecule is COCCN(Cc1ccccn1)C(=O)c1ccc(OCc2c(C)noc2C)c(OC)c1. The molecule has 31 heavy (non-hydrogen) atoms. The van der Waals surface area contributed by atoms with Crippen molar-refractivity contribution in [2.75, 3.05) is 27.4 Å². The number of hydrogen-bond donors (Lipinski definition) is 0. The molecule has 1 aromatic carbocycles. The molecule has 0 unspecified atom stereocenters. The zero-order valence-electron chi connectivity index (χ0n) is 18.3. The zero-order chi connectivity index (χ0) is 22.2. The van der Waals surface area contributed by atoms with Crippen LogP contribution in [0, 0.1) is 13.8 Å². The highest BCUT2D eigenvalue weighted by Gasteiger charge is 2.19. The smallest absolute Gasteiger partial charge is 0.254 e. The number of aryl methyl sites for hydroxylation is 2. The molecular formula is C23H27N3O5. The van der Waals surface area contributed by atoms with E-state index in [0.717, 1.165) is 17.0 Å². The van der Waals surface area contributed by atoms with E-state index >= 15 is 0 Å². The van der Waals surface area contributed by atoms with Crippen molar-refractivity contribution in [3.63, 3.8) is 0 Å². The number of nitrogens with zero attached hydrogens (tertiary/aromatic N) is 3. The normalized spacial score (nSPS) is 10.7. The fraction of sp³-hybridized carbons (Fsp3) is 0.348. The minimum Gasteiger partial charge on any atom is -0.493 e. The molecule has 0 atom stereocenters. The summed E-state index contributed by atoms with van der Waals surface area (Å²) < 4.78 is 21.7. The van der Waals surface area contributed by atoms with Gasteiger partial charge in [-0.25, -0.2) is 0 Å². The lowest BCUT2D eigenvalue weighted by molar-refractivity contribution is 0.0677. The van der Waals surface area contributed by atoms with Crippen LogP contribution in [0.1, 0.15) is 33.1 Å². The quantitative estimate of drug-likeness (QED) is 0.491. The average Bonchev–Trinajstić information content (AvgIpc) is 3.12. The third-order valence-corrected chi connectivity index (χ3v) is 4.90. The van der Waals surface area contributed by atoms with E-state index in [1.165, 1.54) is 0 Å². The summed E-state index contributed by atoms with van der Waals surface area (Å²) in [5.74, 6) is 1.58. The number of benzene rings is 1. The second kappa shape index (κ2) is 10.6. The maximum absolute atomic E-state index is 13.2. The van der Waals surface area contributed by atoms with Crippen LogP contribution in [-0.2, 0) is 17.9 Å². The highest BCUT2D eigenvalue weighted by Crippen LogP contribution is 2.30. The van der Waals surface area contributed by atoms with E-state index in [2.05, 4.69) is 10.1 Å². The van der Waals surface area contributed by atoms with Crippen LogP contribution in [0.25, 0.3) is 0 Å². The molecule has 164 valence electrons. The molecule has 0 aliphatic rings. The Bertz CT molecular complexity index is 984. The maximum Gasteiger partial charge on any atom is 0.254 e. The second-order valence-electron chi connectivity index (χ2n) is 7.00. The van der Waals surface area contributed by atoms with E-state index in [-0.39, 0.29) is 5.91 Å². The van der Waals surface area contributed by atoms with Gasteiger partial charge in [-0.15, -0.1) is 0 Å². The predicted octanol–water partition coefficient (Wildman–Crippen LogP) is 3.56. The molecule has 0 radical (unpaired) electrons. The minimum absolute atomic E-state index is 0.140. The van der Waals surface area contributed by atoms with Crippen molar-refractivity contribution in [3.8, 4) is 11.5 Å². The fourth-order valence-corrected chi connectivity index (χ4v) is 3.10. The van der Waals surface area contributed by atoms with Crippen LogP contribution in [0.4, 0.5) is 0 Å². The van der Waals surface area contributed by atoms with E-state index in [9.17, 15) is 4.79 Å². The summed E-state index contributed by atoms with van der Waals surface area (Å²) in [5.41, 5.74) is 2.97. The van der Waals surface area contributed by atoms with Crippen LogP contribution in [-0.4, -0.2) is 48.3 Å². The molecule has 2 aromatic heterocycles. The van der Waals surface area contributed by atoms with Gasteiger partial charge in [0.05, 0.1) is 37.2 Å². The Morgan fingerprint density at radius 2 is 1.97 bits per heavy atom. The van der Waals surface area contributed by atoms with Gasteiger partial charge in [-0.05, 0) is 44.2 Å². The molecule has 0 aliphatic heterocycles. The van der Waals surface area contributed by atoms with Crippen LogP contribution < -0.4 is 9.47 Å². The molecule has 0 saturated heterocycles. The molecule has 0 N–H and O–H groups in total. The van der Waals surface area contributed by atoms with Gasteiger partial charge >= 0.3 is 0 Å². The Labute approximate surface area is 181 Å². The Morgan fingerprint density at radius 3 is 2.61 bits per heavy atom. The molecule has 2 heterocycles. The number of hydrogen-bond acceptors (Lipinski definition) is 7. The standard InChI is InChI=1S/C23H27N3O5/c1-16-20(17(2)31-25-16)15-30-21-9-8-18(13-22(21)29-4)23(27)26(11-12-28-3)14-19-7-5-6-10-24-19/h5-10,13H,11-12,14-15H2,1-4H3. The number of amides is 1. The third kappa shape index (κ3) is 5.61. The molecular weight excluding hydrogens is 398 g/mol. The molecule has 3 aromatic rings. The van der Waals surface area contributed by atoms with Gasteiger partial charge in [0.1, 0.15) is 12.4 Å². The summed E-state index contributed by atoms with van der Waals surface area (Å²) in [6.07, 6.45) is 1.71. The van der Waals surface area contributed by atoms with E-state index in [1.54, 1.807) is 43.5 Å². The Hall–Kier alpha value is -3.39. The van der Waals surface area contributed by atoms with Crippen molar-refractivity contribution in [1.82, 2.24) is 15.0 Å².